The first-order valence-corrected chi connectivity index (χ1v) is 5.64. The molecule has 0 saturated heterocycles. The number of hydrogen-bond donors (Lipinski definition) is 0. The fourth-order valence-corrected chi connectivity index (χ4v) is 3.93. The van der Waals surface area contributed by atoms with Crippen LogP contribution in [0.4, 0.5) is 0 Å². The lowest BCUT2D eigenvalue weighted by molar-refractivity contribution is 0.198. The highest BCUT2D eigenvalue weighted by Gasteiger charge is 2.47. The first-order valence-electron chi connectivity index (χ1n) is 5.64. The van der Waals surface area contributed by atoms with Crippen molar-refractivity contribution < 1.29 is 0 Å². The topological polar surface area (TPSA) is 3.24 Å². The van der Waals surface area contributed by atoms with Crippen molar-refractivity contribution in [2.24, 2.45) is 11.8 Å². The Morgan fingerprint density at radius 3 is 2.85 bits per heavy atom. The van der Waals surface area contributed by atoms with Gasteiger partial charge in [-0.25, -0.2) is 0 Å². The van der Waals surface area contributed by atoms with Crippen LogP contribution in [0.1, 0.15) is 32.1 Å². The Labute approximate surface area is 80.8 Å². The Hall–Kier alpha value is -0.300. The zero-order chi connectivity index (χ0) is 9.00. The summed E-state index contributed by atoms with van der Waals surface area (Å²) >= 11 is 0. The summed E-state index contributed by atoms with van der Waals surface area (Å²) in [5.41, 5.74) is 3.74. The molecule has 0 radical (unpaired) electrons. The van der Waals surface area contributed by atoms with Crippen molar-refractivity contribution in [3.05, 3.63) is 11.1 Å². The average molecular weight is 177 g/mol. The summed E-state index contributed by atoms with van der Waals surface area (Å²) < 4.78 is 0. The molecule has 0 heterocycles. The fraction of sp³-hybridized carbons (Fsp3) is 0.833. The summed E-state index contributed by atoms with van der Waals surface area (Å²) in [6.45, 7) is 0. The van der Waals surface area contributed by atoms with Crippen LogP contribution in [0.3, 0.4) is 0 Å². The SMILES string of the molecule is CN(C)C1CC2=C3CCCC3C1C2. The van der Waals surface area contributed by atoms with E-state index < -0.39 is 0 Å². The van der Waals surface area contributed by atoms with Gasteiger partial charge in [0.25, 0.3) is 0 Å². The molecular weight excluding hydrogens is 158 g/mol. The molecule has 0 aromatic heterocycles. The summed E-state index contributed by atoms with van der Waals surface area (Å²) in [5, 5.41) is 0. The Kier molecular flexibility index (Phi) is 1.61. The van der Waals surface area contributed by atoms with Crippen LogP contribution >= 0.6 is 0 Å². The third-order valence-corrected chi connectivity index (χ3v) is 4.47. The molecule has 72 valence electrons. The maximum atomic E-state index is 2.45. The molecular formula is C12H19N. The third kappa shape index (κ3) is 0.969. The van der Waals surface area contributed by atoms with E-state index in [0.717, 1.165) is 17.9 Å². The van der Waals surface area contributed by atoms with Gasteiger partial charge in [-0.2, -0.15) is 0 Å². The summed E-state index contributed by atoms with van der Waals surface area (Å²) in [6, 6.07) is 0.877. The Morgan fingerprint density at radius 2 is 2.08 bits per heavy atom. The molecule has 0 aliphatic heterocycles. The molecule has 2 fully saturated rings. The molecule has 1 nitrogen and oxygen atoms in total. The van der Waals surface area contributed by atoms with Gasteiger partial charge in [-0.1, -0.05) is 11.1 Å². The molecule has 3 rings (SSSR count). The molecule has 2 saturated carbocycles. The molecule has 0 aromatic rings. The lowest BCUT2D eigenvalue weighted by Gasteiger charge is -2.31. The highest BCUT2D eigenvalue weighted by Crippen LogP contribution is 2.55. The monoisotopic (exact) mass is 177 g/mol. The van der Waals surface area contributed by atoms with E-state index in [2.05, 4.69) is 19.0 Å². The van der Waals surface area contributed by atoms with E-state index in [1.165, 1.54) is 32.1 Å². The van der Waals surface area contributed by atoms with E-state index in [9.17, 15) is 0 Å². The van der Waals surface area contributed by atoms with Gasteiger partial charge in [0.1, 0.15) is 0 Å². The van der Waals surface area contributed by atoms with Crippen molar-refractivity contribution in [1.29, 1.82) is 0 Å². The van der Waals surface area contributed by atoms with Gasteiger partial charge in [0.05, 0.1) is 0 Å². The molecule has 3 atom stereocenters. The second-order valence-corrected chi connectivity index (χ2v) is 5.23. The Balaban J connectivity index is 1.92. The van der Waals surface area contributed by atoms with Crippen LogP contribution in [0.5, 0.6) is 0 Å². The molecule has 13 heavy (non-hydrogen) atoms. The highest BCUT2D eigenvalue weighted by atomic mass is 15.1. The Morgan fingerprint density at radius 1 is 1.23 bits per heavy atom. The van der Waals surface area contributed by atoms with Crippen molar-refractivity contribution >= 4 is 0 Å². The van der Waals surface area contributed by atoms with Gasteiger partial charge in [0.2, 0.25) is 0 Å². The van der Waals surface area contributed by atoms with Gasteiger partial charge in [0.15, 0.2) is 0 Å². The second-order valence-electron chi connectivity index (χ2n) is 5.23. The van der Waals surface area contributed by atoms with Crippen molar-refractivity contribution in [1.82, 2.24) is 4.90 Å². The average Bonchev–Trinajstić information content (AvgIpc) is 2.75. The van der Waals surface area contributed by atoms with Crippen molar-refractivity contribution in [2.45, 2.75) is 38.1 Å². The zero-order valence-corrected chi connectivity index (χ0v) is 8.71. The van der Waals surface area contributed by atoms with E-state index in [4.69, 9.17) is 0 Å². The van der Waals surface area contributed by atoms with Crippen LogP contribution in [-0.4, -0.2) is 25.0 Å². The van der Waals surface area contributed by atoms with Crippen LogP contribution < -0.4 is 0 Å². The zero-order valence-electron chi connectivity index (χ0n) is 8.71. The lowest BCUT2D eigenvalue weighted by atomic mass is 9.84. The van der Waals surface area contributed by atoms with E-state index in [1.807, 2.05) is 11.1 Å². The van der Waals surface area contributed by atoms with E-state index >= 15 is 0 Å². The van der Waals surface area contributed by atoms with Crippen molar-refractivity contribution in [3.63, 3.8) is 0 Å². The molecule has 0 spiro atoms. The highest BCUT2D eigenvalue weighted by molar-refractivity contribution is 5.34. The third-order valence-electron chi connectivity index (χ3n) is 4.47. The van der Waals surface area contributed by atoms with Crippen LogP contribution in [0, 0.1) is 11.8 Å². The summed E-state index contributed by atoms with van der Waals surface area (Å²) in [6.07, 6.45) is 7.25. The quantitative estimate of drug-likeness (QED) is 0.556. The number of fused-ring (bicyclic) bond motifs is 4. The Bertz CT molecular complexity index is 264. The molecule has 1 heteroatoms. The van der Waals surface area contributed by atoms with Crippen LogP contribution in [0.25, 0.3) is 0 Å². The predicted molar refractivity (Wildman–Crippen MR) is 54.6 cm³/mol. The van der Waals surface area contributed by atoms with Crippen LogP contribution in [0.15, 0.2) is 11.1 Å². The second kappa shape index (κ2) is 2.60. The minimum Gasteiger partial charge on any atom is -0.306 e. The molecule has 3 unspecified atom stereocenters. The molecule has 2 bridgehead atoms. The van der Waals surface area contributed by atoms with Gasteiger partial charge in [-0.05, 0) is 58.0 Å². The van der Waals surface area contributed by atoms with Gasteiger partial charge in [0, 0.05) is 6.04 Å². The number of rotatable bonds is 1. The van der Waals surface area contributed by atoms with Gasteiger partial charge in [-0.15, -0.1) is 0 Å². The number of hydrogen-bond acceptors (Lipinski definition) is 1. The predicted octanol–water partition coefficient (Wildman–Crippen LogP) is 2.44. The van der Waals surface area contributed by atoms with E-state index in [0.29, 0.717) is 0 Å². The summed E-state index contributed by atoms with van der Waals surface area (Å²) in [7, 11) is 4.50. The minimum atomic E-state index is 0.877. The van der Waals surface area contributed by atoms with Crippen molar-refractivity contribution in [2.75, 3.05) is 14.1 Å². The summed E-state index contributed by atoms with van der Waals surface area (Å²) in [5.74, 6) is 2.01. The maximum Gasteiger partial charge on any atom is 0.0163 e. The maximum absolute atomic E-state index is 2.45. The molecule has 0 aromatic carbocycles. The number of nitrogens with zero attached hydrogens (tertiary/aromatic N) is 1. The summed E-state index contributed by atoms with van der Waals surface area (Å²) in [4.78, 5) is 2.45. The lowest BCUT2D eigenvalue weighted by Crippen LogP contribution is -2.35. The van der Waals surface area contributed by atoms with Crippen LogP contribution in [-0.2, 0) is 0 Å². The van der Waals surface area contributed by atoms with E-state index in [-0.39, 0.29) is 0 Å². The first kappa shape index (κ1) is 8.05. The van der Waals surface area contributed by atoms with Gasteiger partial charge >= 0.3 is 0 Å². The fourth-order valence-electron chi connectivity index (χ4n) is 3.93. The van der Waals surface area contributed by atoms with Gasteiger partial charge in [-0.3, -0.25) is 0 Å². The van der Waals surface area contributed by atoms with Crippen LogP contribution in [0.2, 0.25) is 0 Å². The number of allylic oxidation sites excluding steroid dienone is 1. The standard InChI is InChI=1S/C12H19N/c1-13(2)12-7-8-6-11(12)10-5-3-4-9(8)10/h10-12H,3-7H2,1-2H3. The molecule has 3 aliphatic carbocycles. The minimum absolute atomic E-state index is 0.877. The molecule has 0 amide bonds. The first-order chi connectivity index (χ1) is 6.27. The normalized spacial score (nSPS) is 42.2. The smallest absolute Gasteiger partial charge is 0.0163 e. The molecule has 0 N–H and O–H groups in total. The van der Waals surface area contributed by atoms with E-state index in [1.54, 1.807) is 0 Å². The largest absolute Gasteiger partial charge is 0.306 e. The van der Waals surface area contributed by atoms with Gasteiger partial charge < -0.3 is 4.90 Å². The van der Waals surface area contributed by atoms with Crippen molar-refractivity contribution in [3.8, 4) is 0 Å². The molecule has 3 aliphatic rings.